The Morgan fingerprint density at radius 3 is 2.82 bits per heavy atom. The van der Waals surface area contributed by atoms with Crippen molar-refractivity contribution in [1.82, 2.24) is 9.55 Å². The maximum absolute atomic E-state index is 13.2. The van der Waals surface area contributed by atoms with Gasteiger partial charge in [0.25, 0.3) is 0 Å². The van der Waals surface area contributed by atoms with E-state index in [1.165, 1.54) is 12.1 Å². The lowest BCUT2D eigenvalue weighted by molar-refractivity contribution is 0.165. The highest BCUT2D eigenvalue weighted by Crippen LogP contribution is 2.20. The molecule has 0 bridgehead atoms. The predicted molar refractivity (Wildman–Crippen MR) is 66.0 cm³/mol. The molecule has 0 aliphatic heterocycles. The van der Waals surface area contributed by atoms with Crippen molar-refractivity contribution in [3.8, 4) is 0 Å². The first kappa shape index (κ1) is 12.3. The van der Waals surface area contributed by atoms with Gasteiger partial charge in [-0.2, -0.15) is 0 Å². The molecule has 1 unspecified atom stereocenters. The van der Waals surface area contributed by atoms with E-state index in [9.17, 15) is 9.50 Å². The number of imidazole rings is 1. The lowest BCUT2D eigenvalue weighted by Crippen LogP contribution is -2.08. The first-order valence-corrected chi connectivity index (χ1v) is 5.96. The van der Waals surface area contributed by atoms with Gasteiger partial charge in [0.1, 0.15) is 17.7 Å². The van der Waals surface area contributed by atoms with Crippen LogP contribution >= 0.6 is 15.9 Å². The van der Waals surface area contributed by atoms with E-state index in [1.54, 1.807) is 23.0 Å². The molecule has 1 aromatic carbocycles. The molecule has 17 heavy (non-hydrogen) atoms. The van der Waals surface area contributed by atoms with Gasteiger partial charge in [-0.1, -0.05) is 15.9 Å². The van der Waals surface area contributed by atoms with E-state index in [2.05, 4.69) is 20.9 Å². The van der Waals surface area contributed by atoms with Crippen molar-refractivity contribution in [3.05, 3.63) is 52.3 Å². The van der Waals surface area contributed by atoms with Gasteiger partial charge in [0, 0.05) is 30.3 Å². The van der Waals surface area contributed by atoms with Crippen LogP contribution in [0.3, 0.4) is 0 Å². The van der Waals surface area contributed by atoms with Crippen molar-refractivity contribution < 1.29 is 9.50 Å². The summed E-state index contributed by atoms with van der Waals surface area (Å²) >= 11 is 3.22. The van der Waals surface area contributed by atoms with Gasteiger partial charge in [-0.05, 0) is 23.8 Å². The molecule has 90 valence electrons. The summed E-state index contributed by atoms with van der Waals surface area (Å²) in [5, 5.41) is 10.0. The molecule has 0 fully saturated rings. The zero-order valence-corrected chi connectivity index (χ0v) is 10.9. The normalized spacial score (nSPS) is 12.7. The summed E-state index contributed by atoms with van der Waals surface area (Å²) in [5.74, 6) is 0.256. The standard InChI is InChI=1S/C12H12BrFN2O/c1-16-3-2-15-12(16)11(17)6-8-4-9(13)7-10(14)5-8/h2-5,7,11,17H,6H2,1H3. The molecule has 2 rings (SSSR count). The molecule has 0 aliphatic carbocycles. The van der Waals surface area contributed by atoms with E-state index in [-0.39, 0.29) is 5.82 Å². The molecule has 1 atom stereocenters. The van der Waals surface area contributed by atoms with Crippen molar-refractivity contribution >= 4 is 15.9 Å². The van der Waals surface area contributed by atoms with Gasteiger partial charge in [-0.3, -0.25) is 0 Å². The first-order valence-electron chi connectivity index (χ1n) is 5.16. The van der Waals surface area contributed by atoms with Crippen LogP contribution in [0.15, 0.2) is 35.1 Å². The largest absolute Gasteiger partial charge is 0.385 e. The van der Waals surface area contributed by atoms with E-state index in [4.69, 9.17) is 0 Å². The molecule has 0 saturated carbocycles. The molecule has 5 heteroatoms. The van der Waals surface area contributed by atoms with Gasteiger partial charge < -0.3 is 9.67 Å². The topological polar surface area (TPSA) is 38.0 Å². The Morgan fingerprint density at radius 1 is 1.47 bits per heavy atom. The smallest absolute Gasteiger partial charge is 0.137 e. The predicted octanol–water partition coefficient (Wildman–Crippen LogP) is 2.60. The quantitative estimate of drug-likeness (QED) is 0.946. The molecule has 0 amide bonds. The minimum atomic E-state index is -0.733. The minimum absolute atomic E-state index is 0.318. The number of aromatic nitrogens is 2. The van der Waals surface area contributed by atoms with Gasteiger partial charge in [-0.25, -0.2) is 9.37 Å². The molecule has 2 aromatic rings. The summed E-state index contributed by atoms with van der Waals surface area (Å²) in [5.41, 5.74) is 0.729. The number of hydrogen-bond donors (Lipinski definition) is 1. The highest BCUT2D eigenvalue weighted by molar-refractivity contribution is 9.10. The fourth-order valence-corrected chi connectivity index (χ4v) is 2.25. The van der Waals surface area contributed by atoms with Crippen molar-refractivity contribution in [1.29, 1.82) is 0 Å². The van der Waals surface area contributed by atoms with E-state index >= 15 is 0 Å². The number of nitrogens with zero attached hydrogens (tertiary/aromatic N) is 2. The maximum Gasteiger partial charge on any atom is 0.137 e. The van der Waals surface area contributed by atoms with Gasteiger partial charge in [0.2, 0.25) is 0 Å². The fraction of sp³-hybridized carbons (Fsp3) is 0.250. The molecule has 1 N–H and O–H groups in total. The molecular weight excluding hydrogens is 287 g/mol. The lowest BCUT2D eigenvalue weighted by Gasteiger charge is -2.11. The van der Waals surface area contributed by atoms with E-state index < -0.39 is 6.10 Å². The summed E-state index contributed by atoms with van der Waals surface area (Å²) in [6, 6.07) is 4.59. The van der Waals surface area contributed by atoms with Crippen LogP contribution < -0.4 is 0 Å². The number of rotatable bonds is 3. The molecule has 0 spiro atoms. The van der Waals surface area contributed by atoms with Crippen molar-refractivity contribution in [2.75, 3.05) is 0 Å². The van der Waals surface area contributed by atoms with Crippen molar-refractivity contribution in [3.63, 3.8) is 0 Å². The Balaban J connectivity index is 2.18. The maximum atomic E-state index is 13.2. The Morgan fingerprint density at radius 2 is 2.24 bits per heavy atom. The minimum Gasteiger partial charge on any atom is -0.385 e. The fourth-order valence-electron chi connectivity index (χ4n) is 1.74. The summed E-state index contributed by atoms with van der Waals surface area (Å²) in [7, 11) is 1.81. The zero-order valence-electron chi connectivity index (χ0n) is 9.27. The van der Waals surface area contributed by atoms with Crippen LogP contribution in [0.1, 0.15) is 17.5 Å². The van der Waals surface area contributed by atoms with Crippen molar-refractivity contribution in [2.45, 2.75) is 12.5 Å². The van der Waals surface area contributed by atoms with Gasteiger partial charge >= 0.3 is 0 Å². The van der Waals surface area contributed by atoms with Crippen LogP contribution in [-0.2, 0) is 13.5 Å². The Hall–Kier alpha value is -1.20. The number of halogens is 2. The molecule has 1 heterocycles. The number of aryl methyl sites for hydroxylation is 1. The number of benzene rings is 1. The summed E-state index contributed by atoms with van der Waals surface area (Å²) in [4.78, 5) is 4.06. The van der Waals surface area contributed by atoms with Crippen LogP contribution in [0, 0.1) is 5.82 Å². The highest BCUT2D eigenvalue weighted by Gasteiger charge is 2.13. The lowest BCUT2D eigenvalue weighted by atomic mass is 10.1. The second-order valence-corrected chi connectivity index (χ2v) is 4.81. The molecule has 3 nitrogen and oxygen atoms in total. The second kappa shape index (κ2) is 4.98. The third-order valence-electron chi connectivity index (χ3n) is 2.51. The van der Waals surface area contributed by atoms with Crippen LogP contribution in [0.25, 0.3) is 0 Å². The Labute approximate surface area is 107 Å². The Bertz CT molecular complexity index is 507. The first-order chi connectivity index (χ1) is 8.06. The zero-order chi connectivity index (χ0) is 12.4. The number of aliphatic hydroxyl groups is 1. The summed E-state index contributed by atoms with van der Waals surface area (Å²) in [6.45, 7) is 0. The van der Waals surface area contributed by atoms with Crippen LogP contribution in [-0.4, -0.2) is 14.7 Å². The Kier molecular flexibility index (Phi) is 3.59. The van der Waals surface area contributed by atoms with E-state index in [1.807, 2.05) is 7.05 Å². The molecule has 0 radical (unpaired) electrons. The van der Waals surface area contributed by atoms with Crippen LogP contribution in [0.5, 0.6) is 0 Å². The molecular formula is C12H12BrFN2O. The monoisotopic (exact) mass is 298 g/mol. The highest BCUT2D eigenvalue weighted by atomic mass is 79.9. The third kappa shape index (κ3) is 2.92. The average molecular weight is 299 g/mol. The molecule has 0 aliphatic rings. The summed E-state index contributed by atoms with van der Waals surface area (Å²) in [6.07, 6.45) is 2.99. The van der Waals surface area contributed by atoms with E-state index in [0.717, 1.165) is 5.56 Å². The SMILES string of the molecule is Cn1ccnc1C(O)Cc1cc(F)cc(Br)c1. The number of aliphatic hydroxyl groups excluding tert-OH is 1. The molecule has 1 aromatic heterocycles. The van der Waals surface area contributed by atoms with Gasteiger partial charge in [-0.15, -0.1) is 0 Å². The average Bonchev–Trinajstić information content (AvgIpc) is 2.62. The molecule has 0 saturated heterocycles. The third-order valence-corrected chi connectivity index (χ3v) is 2.97. The van der Waals surface area contributed by atoms with E-state index in [0.29, 0.717) is 16.7 Å². The second-order valence-electron chi connectivity index (χ2n) is 3.89. The van der Waals surface area contributed by atoms with Crippen LogP contribution in [0.4, 0.5) is 4.39 Å². The number of hydrogen-bond acceptors (Lipinski definition) is 2. The van der Waals surface area contributed by atoms with Gasteiger partial charge in [0.05, 0.1) is 0 Å². The van der Waals surface area contributed by atoms with Crippen LogP contribution in [0.2, 0.25) is 0 Å². The van der Waals surface area contributed by atoms with Crippen molar-refractivity contribution in [2.24, 2.45) is 7.05 Å². The van der Waals surface area contributed by atoms with Gasteiger partial charge in [0.15, 0.2) is 0 Å². The summed E-state index contributed by atoms with van der Waals surface area (Å²) < 4.78 is 15.6.